The van der Waals surface area contributed by atoms with Crippen LogP contribution in [0.2, 0.25) is 10.0 Å². The van der Waals surface area contributed by atoms with Crippen LogP contribution in [0.4, 0.5) is 5.69 Å². The molecule has 0 spiro atoms. The number of hydrogen-bond acceptors (Lipinski definition) is 4. The number of nitrogens with one attached hydrogen (secondary N) is 1. The maximum Gasteiger partial charge on any atom is 0.256 e. The Balaban J connectivity index is 1.70. The maximum absolute atomic E-state index is 13.5. The number of aromatic nitrogens is 2. The summed E-state index contributed by atoms with van der Waals surface area (Å²) < 4.78 is 13.2. The number of nitrogens with zero attached hydrogens (tertiary/aromatic N) is 2. The zero-order valence-electron chi connectivity index (χ0n) is 19.0. The third-order valence-corrected chi connectivity index (χ3v) is 6.50. The van der Waals surface area contributed by atoms with Crippen LogP contribution < -0.4 is 14.8 Å². The van der Waals surface area contributed by atoms with Gasteiger partial charge in [0.05, 0.1) is 35.5 Å². The number of hydrogen-bond donors (Lipinski definition) is 1. The van der Waals surface area contributed by atoms with Crippen molar-refractivity contribution in [2.45, 2.75) is 6.54 Å². The molecule has 5 aromatic rings. The molecule has 0 radical (unpaired) electrons. The van der Waals surface area contributed by atoms with Crippen LogP contribution in [0.5, 0.6) is 11.5 Å². The topological polar surface area (TPSA) is 65.4 Å². The molecule has 0 aliphatic carbocycles. The normalized spacial score (nSPS) is 11.1. The molecule has 1 amide bonds. The summed E-state index contributed by atoms with van der Waals surface area (Å²) in [5, 5.41) is 5.10. The van der Waals surface area contributed by atoms with E-state index in [2.05, 4.69) is 14.9 Å². The Kier molecular flexibility index (Phi) is 6.24. The molecule has 0 aliphatic rings. The van der Waals surface area contributed by atoms with Gasteiger partial charge in [-0.05, 0) is 35.9 Å². The van der Waals surface area contributed by atoms with Gasteiger partial charge < -0.3 is 19.4 Å². The molecule has 0 aliphatic heterocycles. The Morgan fingerprint density at radius 1 is 0.943 bits per heavy atom. The molecular formula is C27H21Cl2N3O3. The molecule has 0 atom stereocenters. The van der Waals surface area contributed by atoms with Crippen molar-refractivity contribution in [2.24, 2.45) is 0 Å². The first kappa shape index (κ1) is 23.0. The first-order valence-corrected chi connectivity index (χ1v) is 11.6. The Morgan fingerprint density at radius 3 is 2.34 bits per heavy atom. The van der Waals surface area contributed by atoms with E-state index in [1.165, 1.54) is 12.4 Å². The number of carbonyl (C=O) groups is 1. The Hall–Kier alpha value is -3.74. The summed E-state index contributed by atoms with van der Waals surface area (Å²) in [5.41, 5.74) is 3.69. The van der Waals surface area contributed by atoms with Crippen molar-refractivity contribution in [3.8, 4) is 11.5 Å². The number of para-hydroxylation sites is 1. The molecule has 1 N–H and O–H groups in total. The molecule has 176 valence electrons. The fourth-order valence-electron chi connectivity index (χ4n) is 4.30. The lowest BCUT2D eigenvalue weighted by Gasteiger charge is -2.13. The predicted molar refractivity (Wildman–Crippen MR) is 140 cm³/mol. The van der Waals surface area contributed by atoms with Crippen LogP contribution in [-0.4, -0.2) is 29.7 Å². The largest absolute Gasteiger partial charge is 0.497 e. The van der Waals surface area contributed by atoms with Crippen LogP contribution in [0.3, 0.4) is 0 Å². The number of amides is 1. The lowest BCUT2D eigenvalue weighted by atomic mass is 10.0. The highest BCUT2D eigenvalue weighted by Gasteiger charge is 2.22. The molecule has 8 heteroatoms. The monoisotopic (exact) mass is 505 g/mol. The van der Waals surface area contributed by atoms with Crippen LogP contribution in [0.15, 0.2) is 73.1 Å². The van der Waals surface area contributed by atoms with E-state index in [0.717, 1.165) is 33.1 Å². The number of pyridine rings is 1. The van der Waals surface area contributed by atoms with Gasteiger partial charge >= 0.3 is 0 Å². The lowest BCUT2D eigenvalue weighted by Crippen LogP contribution is -2.13. The van der Waals surface area contributed by atoms with Gasteiger partial charge in [-0.3, -0.25) is 9.78 Å². The van der Waals surface area contributed by atoms with Crippen LogP contribution in [-0.2, 0) is 6.54 Å². The first-order chi connectivity index (χ1) is 17.0. The minimum Gasteiger partial charge on any atom is -0.497 e. The van der Waals surface area contributed by atoms with Gasteiger partial charge in [-0.2, -0.15) is 0 Å². The van der Waals surface area contributed by atoms with Gasteiger partial charge in [0.1, 0.15) is 11.5 Å². The maximum atomic E-state index is 13.5. The van der Waals surface area contributed by atoms with Crippen molar-refractivity contribution in [3.63, 3.8) is 0 Å². The van der Waals surface area contributed by atoms with E-state index in [-0.39, 0.29) is 16.0 Å². The van der Waals surface area contributed by atoms with Crippen LogP contribution in [0.1, 0.15) is 15.9 Å². The first-order valence-electron chi connectivity index (χ1n) is 10.8. The van der Waals surface area contributed by atoms with E-state index in [1.54, 1.807) is 26.4 Å². The SMILES string of the molecule is COc1ccc(Cn2c3ccccc3c3c(C(=O)Nc4c(Cl)cncc4Cl)ccc(OC)c32)cc1. The quantitative estimate of drug-likeness (QED) is 0.275. The second kappa shape index (κ2) is 9.49. The van der Waals surface area contributed by atoms with Crippen LogP contribution in [0, 0.1) is 0 Å². The Morgan fingerprint density at radius 2 is 1.66 bits per heavy atom. The molecule has 0 bridgehead atoms. The molecule has 6 nitrogen and oxygen atoms in total. The summed E-state index contributed by atoms with van der Waals surface area (Å²) in [7, 11) is 3.27. The second-order valence-electron chi connectivity index (χ2n) is 7.92. The molecule has 2 heterocycles. The average molecular weight is 506 g/mol. The highest BCUT2D eigenvalue weighted by molar-refractivity contribution is 6.40. The van der Waals surface area contributed by atoms with Crippen molar-refractivity contribution in [2.75, 3.05) is 19.5 Å². The molecule has 0 saturated heterocycles. The highest BCUT2D eigenvalue weighted by atomic mass is 35.5. The van der Waals surface area contributed by atoms with Gasteiger partial charge in [0.25, 0.3) is 5.91 Å². The summed E-state index contributed by atoms with van der Waals surface area (Å²) in [6.07, 6.45) is 2.88. The van der Waals surface area contributed by atoms with E-state index in [9.17, 15) is 4.79 Å². The van der Waals surface area contributed by atoms with Crippen LogP contribution in [0.25, 0.3) is 21.8 Å². The molecule has 0 saturated carbocycles. The van der Waals surface area contributed by atoms with Gasteiger partial charge in [-0.1, -0.05) is 53.5 Å². The number of rotatable bonds is 6. The number of ether oxygens (including phenoxy) is 2. The van der Waals surface area contributed by atoms with E-state index >= 15 is 0 Å². The zero-order valence-corrected chi connectivity index (χ0v) is 20.5. The Labute approximate surface area is 212 Å². The highest BCUT2D eigenvalue weighted by Crippen LogP contribution is 2.39. The van der Waals surface area contributed by atoms with Crippen molar-refractivity contribution in [3.05, 3.63) is 94.2 Å². The second-order valence-corrected chi connectivity index (χ2v) is 8.74. The van der Waals surface area contributed by atoms with E-state index in [4.69, 9.17) is 32.7 Å². The number of carbonyl (C=O) groups excluding carboxylic acids is 1. The van der Waals surface area contributed by atoms with E-state index < -0.39 is 0 Å². The predicted octanol–water partition coefficient (Wildman–Crippen LogP) is 6.81. The summed E-state index contributed by atoms with van der Waals surface area (Å²) in [5.74, 6) is 1.13. The molecule has 2 aromatic heterocycles. The standard InChI is InChI=1S/C27H21Cl2N3O3/c1-34-17-9-7-16(8-10-17)15-32-22-6-4-3-5-18(22)24-19(11-12-23(35-2)26(24)32)27(33)31-25-20(28)13-30-14-21(25)29/h3-14H,15H2,1-2H3,(H,30,31,33). The van der Waals surface area contributed by atoms with Crippen molar-refractivity contribution in [1.29, 1.82) is 0 Å². The van der Waals surface area contributed by atoms with Gasteiger partial charge in [0.15, 0.2) is 0 Å². The number of anilines is 1. The Bertz CT molecular complexity index is 1540. The number of benzene rings is 3. The van der Waals surface area contributed by atoms with Gasteiger partial charge in [0, 0.05) is 40.8 Å². The fourth-order valence-corrected chi connectivity index (χ4v) is 4.76. The zero-order chi connectivity index (χ0) is 24.5. The summed E-state index contributed by atoms with van der Waals surface area (Å²) in [4.78, 5) is 17.5. The molecule has 0 unspecified atom stereocenters. The molecule has 35 heavy (non-hydrogen) atoms. The van der Waals surface area contributed by atoms with Gasteiger partial charge in [-0.25, -0.2) is 0 Å². The van der Waals surface area contributed by atoms with Crippen molar-refractivity contribution < 1.29 is 14.3 Å². The lowest BCUT2D eigenvalue weighted by molar-refractivity contribution is 0.102. The number of fused-ring (bicyclic) bond motifs is 3. The minimum absolute atomic E-state index is 0.262. The molecule has 3 aromatic carbocycles. The summed E-state index contributed by atoms with van der Waals surface area (Å²) >= 11 is 12.5. The number of halogens is 2. The molecule has 0 fully saturated rings. The van der Waals surface area contributed by atoms with Gasteiger partial charge in [-0.15, -0.1) is 0 Å². The van der Waals surface area contributed by atoms with E-state index in [1.807, 2.05) is 48.5 Å². The summed E-state index contributed by atoms with van der Waals surface area (Å²) in [6.45, 7) is 0.581. The summed E-state index contributed by atoms with van der Waals surface area (Å²) in [6, 6.07) is 19.4. The smallest absolute Gasteiger partial charge is 0.256 e. The number of methoxy groups -OCH3 is 2. The van der Waals surface area contributed by atoms with Gasteiger partial charge in [0.2, 0.25) is 0 Å². The fraction of sp³-hybridized carbons (Fsp3) is 0.111. The van der Waals surface area contributed by atoms with Crippen molar-refractivity contribution >= 4 is 56.6 Å². The third kappa shape index (κ3) is 4.16. The minimum atomic E-state index is -0.333. The third-order valence-electron chi connectivity index (χ3n) is 5.93. The average Bonchev–Trinajstić information content (AvgIpc) is 3.20. The van der Waals surface area contributed by atoms with Crippen molar-refractivity contribution in [1.82, 2.24) is 9.55 Å². The molecule has 5 rings (SSSR count). The van der Waals surface area contributed by atoms with E-state index in [0.29, 0.717) is 23.5 Å². The van der Waals surface area contributed by atoms with Crippen LogP contribution >= 0.6 is 23.2 Å². The molecular weight excluding hydrogens is 485 g/mol.